The van der Waals surface area contributed by atoms with Crippen molar-refractivity contribution >= 4 is 21.7 Å². The summed E-state index contributed by atoms with van der Waals surface area (Å²) >= 11 is 0. The molecule has 0 aromatic heterocycles. The Bertz CT molecular complexity index is 971. The van der Waals surface area contributed by atoms with Crippen molar-refractivity contribution in [2.24, 2.45) is 16.0 Å². The maximum absolute atomic E-state index is 11.4. The second kappa shape index (κ2) is 10.7. The van der Waals surface area contributed by atoms with Crippen LogP contribution in [0.1, 0.15) is 31.4 Å². The molecule has 0 saturated heterocycles. The number of non-ortho nitro benzene ring substituents is 1. The minimum absolute atomic E-state index is 0.0469. The summed E-state index contributed by atoms with van der Waals surface area (Å²) in [5.74, 6) is 1.14. The van der Waals surface area contributed by atoms with Crippen molar-refractivity contribution < 1.29 is 13.3 Å². The highest BCUT2D eigenvalue weighted by Gasteiger charge is 2.07. The summed E-state index contributed by atoms with van der Waals surface area (Å²) in [5, 5.41) is 22.4. The highest BCUT2D eigenvalue weighted by molar-refractivity contribution is 7.89. The van der Waals surface area contributed by atoms with Crippen LogP contribution in [-0.2, 0) is 23.1 Å². The molecule has 0 aliphatic heterocycles. The standard InChI is InChI=1S/C20H27N5O4S/c1-15(2)11-12-22-20(23-13-16-3-7-18(8-4-16)25(26)27)24-14-17-5-9-19(10-6-17)30(21,28)29/h3-10,15H,11-14H2,1-2H3,(H2,21,28,29)(H2,22,23,24). The summed E-state index contributed by atoms with van der Waals surface area (Å²) in [6.45, 7) is 5.82. The van der Waals surface area contributed by atoms with Crippen molar-refractivity contribution in [2.75, 3.05) is 6.54 Å². The first-order chi connectivity index (χ1) is 14.1. The number of nitrogens with zero attached hydrogens (tertiary/aromatic N) is 2. The van der Waals surface area contributed by atoms with E-state index in [1.165, 1.54) is 24.3 Å². The maximum atomic E-state index is 11.4. The largest absolute Gasteiger partial charge is 0.356 e. The van der Waals surface area contributed by atoms with Crippen molar-refractivity contribution in [3.8, 4) is 0 Å². The molecule has 2 rings (SSSR count). The highest BCUT2D eigenvalue weighted by atomic mass is 32.2. The first-order valence-electron chi connectivity index (χ1n) is 9.52. The molecule has 0 amide bonds. The van der Waals surface area contributed by atoms with E-state index in [0.29, 0.717) is 25.0 Å². The number of hydrogen-bond donors (Lipinski definition) is 3. The summed E-state index contributed by atoms with van der Waals surface area (Å²) in [5.41, 5.74) is 1.77. The predicted molar refractivity (Wildman–Crippen MR) is 116 cm³/mol. The van der Waals surface area contributed by atoms with Crippen LogP contribution in [0.2, 0.25) is 0 Å². The number of nitro benzene ring substituents is 1. The lowest BCUT2D eigenvalue weighted by Crippen LogP contribution is -2.37. The van der Waals surface area contributed by atoms with E-state index in [-0.39, 0.29) is 10.6 Å². The van der Waals surface area contributed by atoms with Crippen molar-refractivity contribution in [1.82, 2.24) is 10.6 Å². The van der Waals surface area contributed by atoms with Crippen LogP contribution in [0.5, 0.6) is 0 Å². The zero-order valence-electron chi connectivity index (χ0n) is 17.0. The minimum Gasteiger partial charge on any atom is -0.356 e. The molecular weight excluding hydrogens is 406 g/mol. The molecule has 9 nitrogen and oxygen atoms in total. The van der Waals surface area contributed by atoms with E-state index in [1.54, 1.807) is 24.3 Å². The smallest absolute Gasteiger partial charge is 0.269 e. The number of primary sulfonamides is 1. The average Bonchev–Trinajstić information content (AvgIpc) is 2.69. The molecule has 4 N–H and O–H groups in total. The van der Waals surface area contributed by atoms with Crippen LogP contribution in [-0.4, -0.2) is 25.8 Å². The number of hydrogen-bond acceptors (Lipinski definition) is 5. The Morgan fingerprint density at radius 2 is 1.67 bits per heavy atom. The highest BCUT2D eigenvalue weighted by Crippen LogP contribution is 2.12. The van der Waals surface area contributed by atoms with Gasteiger partial charge in [-0.1, -0.05) is 38.1 Å². The SMILES string of the molecule is CC(C)CCNC(=NCc1ccc(S(N)(=O)=O)cc1)NCc1ccc([N+](=O)[O-])cc1. The van der Waals surface area contributed by atoms with Gasteiger partial charge in [0.25, 0.3) is 5.69 Å². The topological polar surface area (TPSA) is 140 Å². The molecule has 0 unspecified atom stereocenters. The van der Waals surface area contributed by atoms with E-state index in [2.05, 4.69) is 29.5 Å². The zero-order valence-corrected chi connectivity index (χ0v) is 17.9. The molecule has 2 aromatic rings. The van der Waals surface area contributed by atoms with Crippen molar-refractivity contribution in [3.05, 3.63) is 69.8 Å². The lowest BCUT2D eigenvalue weighted by Gasteiger charge is -2.14. The lowest BCUT2D eigenvalue weighted by molar-refractivity contribution is -0.384. The zero-order chi connectivity index (χ0) is 22.1. The molecule has 0 bridgehead atoms. The van der Waals surface area contributed by atoms with Gasteiger partial charge in [0.1, 0.15) is 0 Å². The van der Waals surface area contributed by atoms with Gasteiger partial charge in [-0.25, -0.2) is 18.5 Å². The van der Waals surface area contributed by atoms with E-state index < -0.39 is 14.9 Å². The van der Waals surface area contributed by atoms with Crippen LogP contribution in [0, 0.1) is 16.0 Å². The van der Waals surface area contributed by atoms with Gasteiger partial charge in [-0.05, 0) is 35.6 Å². The maximum Gasteiger partial charge on any atom is 0.269 e. The lowest BCUT2D eigenvalue weighted by atomic mass is 10.1. The van der Waals surface area contributed by atoms with Gasteiger partial charge < -0.3 is 10.6 Å². The first-order valence-corrected chi connectivity index (χ1v) is 11.1. The summed E-state index contributed by atoms with van der Waals surface area (Å²) in [4.78, 5) is 14.9. The van der Waals surface area contributed by atoms with E-state index in [9.17, 15) is 18.5 Å². The number of rotatable bonds is 9. The molecule has 0 radical (unpaired) electrons. The molecule has 2 aromatic carbocycles. The van der Waals surface area contributed by atoms with Crippen LogP contribution in [0.15, 0.2) is 58.4 Å². The Balaban J connectivity index is 2.04. The quantitative estimate of drug-likeness (QED) is 0.240. The van der Waals surface area contributed by atoms with Crippen LogP contribution >= 0.6 is 0 Å². The van der Waals surface area contributed by atoms with E-state index in [4.69, 9.17) is 5.14 Å². The number of guanidine groups is 1. The Morgan fingerprint density at radius 1 is 1.07 bits per heavy atom. The fourth-order valence-electron chi connectivity index (χ4n) is 2.53. The van der Waals surface area contributed by atoms with Gasteiger partial charge in [0.2, 0.25) is 10.0 Å². The molecule has 10 heteroatoms. The summed E-state index contributed by atoms with van der Waals surface area (Å²) in [6, 6.07) is 12.6. The molecule has 0 aliphatic carbocycles. The molecule has 0 saturated carbocycles. The molecule has 30 heavy (non-hydrogen) atoms. The summed E-state index contributed by atoms with van der Waals surface area (Å²) < 4.78 is 22.7. The van der Waals surface area contributed by atoms with Gasteiger partial charge >= 0.3 is 0 Å². The number of nitrogens with two attached hydrogens (primary N) is 1. The van der Waals surface area contributed by atoms with Crippen molar-refractivity contribution in [3.63, 3.8) is 0 Å². The fraction of sp³-hybridized carbons (Fsp3) is 0.350. The van der Waals surface area contributed by atoms with Crippen molar-refractivity contribution in [2.45, 2.75) is 38.3 Å². The second-order valence-electron chi connectivity index (χ2n) is 7.24. The number of aliphatic imine (C=N–C) groups is 1. The average molecular weight is 434 g/mol. The third kappa shape index (κ3) is 7.80. The molecular formula is C20H27N5O4S. The molecule has 0 fully saturated rings. The molecule has 0 atom stereocenters. The van der Waals surface area contributed by atoms with E-state index in [1.807, 2.05) is 0 Å². The van der Waals surface area contributed by atoms with Gasteiger partial charge in [0.05, 0.1) is 16.4 Å². The van der Waals surface area contributed by atoms with Gasteiger partial charge in [-0.15, -0.1) is 0 Å². The van der Waals surface area contributed by atoms with E-state index in [0.717, 1.165) is 24.1 Å². The summed E-state index contributed by atoms with van der Waals surface area (Å²) in [7, 11) is -3.72. The summed E-state index contributed by atoms with van der Waals surface area (Å²) in [6.07, 6.45) is 0.974. The number of sulfonamides is 1. The minimum atomic E-state index is -3.72. The molecule has 0 aliphatic rings. The Hall–Kier alpha value is -2.98. The predicted octanol–water partition coefficient (Wildman–Crippen LogP) is 2.52. The number of nitrogens with one attached hydrogen (secondary N) is 2. The van der Waals surface area contributed by atoms with Crippen LogP contribution in [0.4, 0.5) is 5.69 Å². The number of benzene rings is 2. The van der Waals surface area contributed by atoms with Gasteiger partial charge in [-0.3, -0.25) is 10.1 Å². The van der Waals surface area contributed by atoms with Gasteiger partial charge in [0.15, 0.2) is 5.96 Å². The fourth-order valence-corrected chi connectivity index (χ4v) is 3.05. The van der Waals surface area contributed by atoms with Gasteiger partial charge in [0, 0.05) is 25.2 Å². The third-order valence-electron chi connectivity index (χ3n) is 4.29. The molecule has 0 spiro atoms. The van der Waals surface area contributed by atoms with E-state index >= 15 is 0 Å². The van der Waals surface area contributed by atoms with Gasteiger partial charge in [-0.2, -0.15) is 0 Å². The Kier molecular flexibility index (Phi) is 8.31. The van der Waals surface area contributed by atoms with Crippen LogP contribution in [0.25, 0.3) is 0 Å². The second-order valence-corrected chi connectivity index (χ2v) is 8.80. The monoisotopic (exact) mass is 433 g/mol. The molecule has 162 valence electrons. The number of nitro groups is 1. The van der Waals surface area contributed by atoms with Crippen molar-refractivity contribution in [1.29, 1.82) is 0 Å². The van der Waals surface area contributed by atoms with Crippen LogP contribution < -0.4 is 15.8 Å². The normalized spacial score (nSPS) is 12.1. The van der Waals surface area contributed by atoms with Crippen LogP contribution in [0.3, 0.4) is 0 Å². The first kappa shape index (κ1) is 23.3. The third-order valence-corrected chi connectivity index (χ3v) is 5.22. The Morgan fingerprint density at radius 3 is 2.20 bits per heavy atom. The molecule has 0 heterocycles. The Labute approximate surface area is 176 Å².